The largest absolute Gasteiger partial charge is 0.478 e. The third kappa shape index (κ3) is 5.75. The highest BCUT2D eigenvalue weighted by molar-refractivity contribution is 9.11. The van der Waals surface area contributed by atoms with Gasteiger partial charge < -0.3 is 5.11 Å². The molecule has 16 heavy (non-hydrogen) atoms. The van der Waals surface area contributed by atoms with Gasteiger partial charge in [0.05, 0.1) is 5.57 Å². The van der Waals surface area contributed by atoms with Crippen molar-refractivity contribution in [3.8, 4) is 0 Å². The number of carbonyl (C=O) groups is 1. The first-order chi connectivity index (χ1) is 7.31. The molecule has 0 aromatic heterocycles. The number of hydrogen-bond acceptors (Lipinski definition) is 1. The average molecular weight is 299 g/mol. The van der Waals surface area contributed by atoms with Gasteiger partial charge in [0.1, 0.15) is 0 Å². The van der Waals surface area contributed by atoms with E-state index in [1.54, 1.807) is 0 Å². The van der Waals surface area contributed by atoms with Crippen LogP contribution in [0.1, 0.15) is 12.8 Å². The fraction of sp³-hybridized carbons (Fsp3) is 0.300. The topological polar surface area (TPSA) is 37.3 Å². The molecule has 6 heteroatoms. The van der Waals surface area contributed by atoms with Crippen LogP contribution in [0.15, 0.2) is 34.9 Å². The van der Waals surface area contributed by atoms with Gasteiger partial charge in [0.25, 0.3) is 0 Å². The van der Waals surface area contributed by atoms with Crippen LogP contribution >= 0.6 is 15.9 Å². The first-order valence-electron chi connectivity index (χ1n) is 4.24. The zero-order chi connectivity index (χ0) is 12.8. The Morgan fingerprint density at radius 3 is 2.31 bits per heavy atom. The average Bonchev–Trinajstić information content (AvgIpc) is 2.13. The summed E-state index contributed by atoms with van der Waals surface area (Å²) < 4.78 is 36.0. The third-order valence-corrected chi connectivity index (χ3v) is 1.99. The summed E-state index contributed by atoms with van der Waals surface area (Å²) in [6, 6.07) is 0. The van der Waals surface area contributed by atoms with Gasteiger partial charge in [-0.2, -0.15) is 13.2 Å². The van der Waals surface area contributed by atoms with Crippen molar-refractivity contribution < 1.29 is 23.1 Å². The first kappa shape index (κ1) is 15.0. The van der Waals surface area contributed by atoms with Crippen molar-refractivity contribution in [1.82, 2.24) is 0 Å². The van der Waals surface area contributed by atoms with Gasteiger partial charge in [-0.15, -0.1) is 0 Å². The summed E-state index contributed by atoms with van der Waals surface area (Å²) in [6.45, 7) is 3.26. The Hall–Kier alpha value is -1.04. The van der Waals surface area contributed by atoms with Gasteiger partial charge in [-0.25, -0.2) is 4.79 Å². The highest BCUT2D eigenvalue weighted by Crippen LogP contribution is 2.26. The van der Waals surface area contributed by atoms with E-state index in [9.17, 15) is 18.0 Å². The van der Waals surface area contributed by atoms with Crippen molar-refractivity contribution in [3.05, 3.63) is 34.9 Å². The molecule has 0 saturated carbocycles. The van der Waals surface area contributed by atoms with Gasteiger partial charge in [-0.1, -0.05) is 34.7 Å². The Morgan fingerprint density at radius 1 is 1.44 bits per heavy atom. The molecule has 0 rings (SSSR count). The van der Waals surface area contributed by atoms with Crippen molar-refractivity contribution in [2.24, 2.45) is 0 Å². The predicted molar refractivity (Wildman–Crippen MR) is 58.2 cm³/mol. The molecule has 0 radical (unpaired) electrons. The van der Waals surface area contributed by atoms with Crippen LogP contribution in [0.3, 0.4) is 0 Å². The maximum atomic E-state index is 12.0. The minimum Gasteiger partial charge on any atom is -0.478 e. The van der Waals surface area contributed by atoms with Gasteiger partial charge in [0.2, 0.25) is 0 Å². The van der Waals surface area contributed by atoms with E-state index in [0.29, 0.717) is 0 Å². The summed E-state index contributed by atoms with van der Waals surface area (Å²) in [7, 11) is 0. The minimum atomic E-state index is -4.31. The highest BCUT2D eigenvalue weighted by Gasteiger charge is 2.27. The molecule has 0 atom stereocenters. The van der Waals surface area contributed by atoms with E-state index in [1.165, 1.54) is 11.1 Å². The van der Waals surface area contributed by atoms with Gasteiger partial charge in [0.15, 0.2) is 0 Å². The minimum absolute atomic E-state index is 0.0803. The van der Waals surface area contributed by atoms with Gasteiger partial charge >= 0.3 is 12.1 Å². The first-order valence-corrected chi connectivity index (χ1v) is 5.15. The van der Waals surface area contributed by atoms with Crippen LogP contribution in [0.5, 0.6) is 0 Å². The lowest BCUT2D eigenvalue weighted by molar-refractivity contribution is -0.135. The maximum Gasteiger partial charge on any atom is 0.389 e. The predicted octanol–water partition coefficient (Wildman–Crippen LogP) is 3.80. The molecule has 0 aliphatic carbocycles. The van der Waals surface area contributed by atoms with Gasteiger partial charge in [-0.3, -0.25) is 0 Å². The van der Waals surface area contributed by atoms with Crippen LogP contribution in [0.4, 0.5) is 13.2 Å². The van der Waals surface area contributed by atoms with E-state index < -0.39 is 18.6 Å². The van der Waals surface area contributed by atoms with Crippen LogP contribution in [0, 0.1) is 0 Å². The molecule has 0 aromatic carbocycles. The normalized spacial score (nSPS) is 13.8. The van der Waals surface area contributed by atoms with Gasteiger partial charge in [0, 0.05) is 6.42 Å². The molecule has 0 amide bonds. The summed E-state index contributed by atoms with van der Waals surface area (Å²) in [5, 5.41) is 8.74. The number of halogens is 4. The second-order valence-electron chi connectivity index (χ2n) is 2.86. The zero-order valence-electron chi connectivity index (χ0n) is 8.22. The van der Waals surface area contributed by atoms with Crippen molar-refractivity contribution in [3.63, 3.8) is 0 Å². The Balaban J connectivity index is 4.99. The quantitative estimate of drug-likeness (QED) is 0.619. The SMILES string of the molecule is C=C/C(C(=O)O)=C(\C=C\Br)CCC(F)(F)F. The van der Waals surface area contributed by atoms with Crippen molar-refractivity contribution in [2.75, 3.05) is 0 Å². The van der Waals surface area contributed by atoms with E-state index in [-0.39, 0.29) is 17.6 Å². The van der Waals surface area contributed by atoms with Crippen LogP contribution < -0.4 is 0 Å². The lowest BCUT2D eigenvalue weighted by Crippen LogP contribution is -2.09. The summed E-state index contributed by atoms with van der Waals surface area (Å²) in [5.74, 6) is -1.29. The molecule has 0 unspecified atom stereocenters. The summed E-state index contributed by atoms with van der Waals surface area (Å²) in [4.78, 5) is 12.0. The fourth-order valence-corrected chi connectivity index (χ4v) is 1.34. The molecule has 0 saturated heterocycles. The second kappa shape index (κ2) is 6.52. The summed E-state index contributed by atoms with van der Waals surface area (Å²) in [5.41, 5.74) is -0.142. The fourth-order valence-electron chi connectivity index (χ4n) is 1.02. The number of alkyl halides is 3. The Bertz CT molecular complexity index is 329. The van der Waals surface area contributed by atoms with E-state index in [0.717, 1.165) is 6.08 Å². The number of carboxylic acid groups (broad SMARTS) is 1. The van der Waals surface area contributed by atoms with Crippen molar-refractivity contribution >= 4 is 21.9 Å². The maximum absolute atomic E-state index is 12.0. The van der Waals surface area contributed by atoms with Crippen LogP contribution in [-0.4, -0.2) is 17.3 Å². The zero-order valence-corrected chi connectivity index (χ0v) is 9.81. The molecule has 0 aliphatic heterocycles. The number of hydrogen-bond donors (Lipinski definition) is 1. The molecule has 0 aromatic rings. The van der Waals surface area contributed by atoms with E-state index in [4.69, 9.17) is 5.11 Å². The molecular formula is C10H10BrF3O2. The van der Waals surface area contributed by atoms with Crippen molar-refractivity contribution in [2.45, 2.75) is 19.0 Å². The molecule has 0 aliphatic rings. The van der Waals surface area contributed by atoms with E-state index >= 15 is 0 Å². The molecule has 0 bridgehead atoms. The van der Waals surface area contributed by atoms with Crippen molar-refractivity contribution in [1.29, 1.82) is 0 Å². The molecular weight excluding hydrogens is 289 g/mol. The summed E-state index contributed by atoms with van der Waals surface area (Å²) in [6.07, 6.45) is -3.46. The van der Waals surface area contributed by atoms with E-state index in [2.05, 4.69) is 22.5 Å². The molecule has 0 heterocycles. The summed E-state index contributed by atoms with van der Waals surface area (Å²) >= 11 is 2.89. The lowest BCUT2D eigenvalue weighted by Gasteiger charge is -2.08. The molecule has 90 valence electrons. The molecule has 2 nitrogen and oxygen atoms in total. The Morgan fingerprint density at radius 2 is 2.00 bits per heavy atom. The standard InChI is InChI=1S/C10H10BrF3O2/c1-2-8(9(15)16)7(4-6-11)3-5-10(12,13)14/h2,4,6H,1,3,5H2,(H,15,16)/b6-4+,8-7+. The van der Waals surface area contributed by atoms with Gasteiger partial charge in [-0.05, 0) is 17.0 Å². The molecule has 0 spiro atoms. The monoisotopic (exact) mass is 298 g/mol. The number of allylic oxidation sites excluding steroid dienone is 2. The smallest absolute Gasteiger partial charge is 0.389 e. The van der Waals surface area contributed by atoms with Crippen LogP contribution in [-0.2, 0) is 4.79 Å². The lowest BCUT2D eigenvalue weighted by atomic mass is 10.0. The Kier molecular flexibility index (Phi) is 6.10. The second-order valence-corrected chi connectivity index (χ2v) is 3.38. The molecule has 0 fully saturated rings. The number of carboxylic acids is 1. The number of aliphatic carboxylic acids is 1. The molecule has 1 N–H and O–H groups in total. The number of rotatable bonds is 5. The van der Waals surface area contributed by atoms with Crippen LogP contribution in [0.25, 0.3) is 0 Å². The van der Waals surface area contributed by atoms with E-state index in [1.807, 2.05) is 0 Å². The Labute approximate surface area is 99.3 Å². The third-order valence-electron chi connectivity index (χ3n) is 1.72. The van der Waals surface area contributed by atoms with Crippen LogP contribution in [0.2, 0.25) is 0 Å². The highest BCUT2D eigenvalue weighted by atomic mass is 79.9.